The number of likely N-dealkylation sites (tertiary alicyclic amines) is 1. The van der Waals surface area contributed by atoms with Crippen LogP contribution in [0.4, 0.5) is 0 Å². The van der Waals surface area contributed by atoms with E-state index in [0.717, 1.165) is 30.1 Å². The van der Waals surface area contributed by atoms with Crippen molar-refractivity contribution < 1.29 is 17.9 Å². The molecule has 4 rings (SSSR count). The van der Waals surface area contributed by atoms with Crippen LogP contribution < -0.4 is 4.74 Å². The maximum atomic E-state index is 12.7. The van der Waals surface area contributed by atoms with Crippen molar-refractivity contribution in [1.29, 1.82) is 0 Å². The third-order valence-corrected chi connectivity index (χ3v) is 7.52. The fraction of sp³-hybridized carbons (Fsp3) is 0.545. The largest absolute Gasteiger partial charge is 0.485 e. The summed E-state index contributed by atoms with van der Waals surface area (Å²) < 4.78 is 34.8. The topological polar surface area (TPSA) is 84.7 Å². The van der Waals surface area contributed by atoms with Gasteiger partial charge in [-0.25, -0.2) is 13.4 Å². The van der Waals surface area contributed by atoms with E-state index in [9.17, 15) is 13.2 Å². The fourth-order valence-electron chi connectivity index (χ4n) is 4.42. The number of para-hydroxylation sites is 1. The lowest BCUT2D eigenvalue weighted by molar-refractivity contribution is -0.135. The number of rotatable bonds is 5. The summed E-state index contributed by atoms with van der Waals surface area (Å²) in [7, 11) is -3.37. The Hall–Kier alpha value is -2.39. The summed E-state index contributed by atoms with van der Waals surface area (Å²) in [6.07, 6.45) is 7.42. The molecule has 0 aliphatic carbocycles. The van der Waals surface area contributed by atoms with Crippen LogP contribution in [0.2, 0.25) is 0 Å². The summed E-state index contributed by atoms with van der Waals surface area (Å²) in [5.41, 5.74) is 0.263. The molecule has 31 heavy (non-hydrogen) atoms. The number of benzene rings is 1. The lowest BCUT2D eigenvalue weighted by atomic mass is 9.90. The highest BCUT2D eigenvalue weighted by Crippen LogP contribution is 2.36. The smallest absolute Gasteiger partial charge is 0.222 e. The van der Waals surface area contributed by atoms with E-state index in [2.05, 4.69) is 9.55 Å². The van der Waals surface area contributed by atoms with Crippen molar-refractivity contribution in [3.8, 4) is 5.75 Å². The minimum Gasteiger partial charge on any atom is -0.485 e. The van der Waals surface area contributed by atoms with Gasteiger partial charge in [0.2, 0.25) is 15.9 Å². The van der Waals surface area contributed by atoms with Gasteiger partial charge in [-0.3, -0.25) is 4.79 Å². The van der Waals surface area contributed by atoms with Gasteiger partial charge in [-0.05, 0) is 19.4 Å². The third-order valence-electron chi connectivity index (χ3n) is 6.32. The number of carbonyl (C=O) groups excluding carboxylic acids is 1. The molecule has 168 valence electrons. The summed E-state index contributed by atoms with van der Waals surface area (Å²) in [5, 5.41) is 0. The lowest BCUT2D eigenvalue weighted by Crippen LogP contribution is -2.55. The minimum atomic E-state index is -3.37. The number of piperidine rings is 1. The minimum absolute atomic E-state index is 0.140. The second-order valence-electron chi connectivity index (χ2n) is 8.58. The van der Waals surface area contributed by atoms with Crippen LogP contribution in [-0.2, 0) is 27.9 Å². The van der Waals surface area contributed by atoms with Gasteiger partial charge in [0, 0.05) is 63.4 Å². The van der Waals surface area contributed by atoms with E-state index in [1.165, 1.54) is 10.6 Å². The standard InChI is InChI=1S/C22H30N4O4S/c1-18-23-11-15-24(18)12-5-8-21(27)25-13-9-22(10-14-25)17-26(31(2,28)29)16-19-6-3-4-7-20(19)30-22/h3-4,6-7,11,15H,5,8-10,12-14,16-17H2,1-2H3. The highest BCUT2D eigenvalue weighted by molar-refractivity contribution is 7.88. The number of hydrogen-bond donors (Lipinski definition) is 0. The molecule has 0 saturated carbocycles. The van der Waals surface area contributed by atoms with Gasteiger partial charge in [-0.15, -0.1) is 0 Å². The summed E-state index contributed by atoms with van der Waals surface area (Å²) in [6.45, 7) is 4.50. The van der Waals surface area contributed by atoms with Crippen LogP contribution in [0.1, 0.15) is 37.1 Å². The highest BCUT2D eigenvalue weighted by atomic mass is 32.2. The summed E-state index contributed by atoms with van der Waals surface area (Å²) in [4.78, 5) is 18.8. The van der Waals surface area contributed by atoms with E-state index in [0.29, 0.717) is 45.4 Å². The zero-order valence-corrected chi connectivity index (χ0v) is 19.0. The van der Waals surface area contributed by atoms with Gasteiger partial charge in [0.15, 0.2) is 0 Å². The highest BCUT2D eigenvalue weighted by Gasteiger charge is 2.43. The van der Waals surface area contributed by atoms with Gasteiger partial charge in [-0.2, -0.15) is 4.31 Å². The predicted octanol–water partition coefficient (Wildman–Crippen LogP) is 2.19. The Kier molecular flexibility index (Phi) is 6.07. The summed E-state index contributed by atoms with van der Waals surface area (Å²) >= 11 is 0. The van der Waals surface area contributed by atoms with Crippen molar-refractivity contribution in [3.05, 3.63) is 48.0 Å². The fourth-order valence-corrected chi connectivity index (χ4v) is 5.27. The molecule has 0 atom stereocenters. The Balaban J connectivity index is 1.40. The average Bonchev–Trinajstić information content (AvgIpc) is 3.05. The first-order chi connectivity index (χ1) is 14.8. The quantitative estimate of drug-likeness (QED) is 0.703. The number of nitrogens with zero attached hydrogens (tertiary/aromatic N) is 4. The first-order valence-electron chi connectivity index (χ1n) is 10.7. The van der Waals surface area contributed by atoms with E-state index in [4.69, 9.17) is 4.74 Å². The molecular formula is C22H30N4O4S. The van der Waals surface area contributed by atoms with Crippen LogP contribution in [0.3, 0.4) is 0 Å². The van der Waals surface area contributed by atoms with Crippen molar-refractivity contribution in [2.75, 3.05) is 25.9 Å². The Morgan fingerprint density at radius 3 is 2.65 bits per heavy atom. The Morgan fingerprint density at radius 2 is 1.97 bits per heavy atom. The van der Waals surface area contributed by atoms with E-state index >= 15 is 0 Å². The molecule has 1 aromatic heterocycles. The van der Waals surface area contributed by atoms with Gasteiger partial charge in [0.1, 0.15) is 17.2 Å². The number of hydrogen-bond acceptors (Lipinski definition) is 5. The van der Waals surface area contributed by atoms with Crippen LogP contribution in [0, 0.1) is 6.92 Å². The molecule has 2 aliphatic heterocycles. The van der Waals surface area contributed by atoms with E-state index in [1.807, 2.05) is 42.3 Å². The molecule has 0 N–H and O–H groups in total. The molecule has 1 aromatic carbocycles. The van der Waals surface area contributed by atoms with Crippen molar-refractivity contribution >= 4 is 15.9 Å². The normalized spacial score (nSPS) is 19.0. The molecule has 8 nitrogen and oxygen atoms in total. The van der Waals surface area contributed by atoms with Gasteiger partial charge in [0.05, 0.1) is 12.8 Å². The van der Waals surface area contributed by atoms with E-state index < -0.39 is 15.6 Å². The zero-order chi connectivity index (χ0) is 22.1. The number of aryl methyl sites for hydroxylation is 2. The number of imidazole rings is 1. The predicted molar refractivity (Wildman–Crippen MR) is 117 cm³/mol. The lowest BCUT2D eigenvalue weighted by Gasteiger charge is -2.42. The van der Waals surface area contributed by atoms with E-state index in [1.54, 1.807) is 6.20 Å². The van der Waals surface area contributed by atoms with Crippen LogP contribution in [0.25, 0.3) is 0 Å². The molecule has 0 unspecified atom stereocenters. The molecule has 9 heteroatoms. The monoisotopic (exact) mass is 446 g/mol. The zero-order valence-electron chi connectivity index (χ0n) is 18.2. The van der Waals surface area contributed by atoms with Crippen LogP contribution in [0.5, 0.6) is 5.75 Å². The Bertz CT molecular complexity index is 1040. The van der Waals surface area contributed by atoms with Gasteiger partial charge in [0.25, 0.3) is 0 Å². The molecule has 1 saturated heterocycles. The van der Waals surface area contributed by atoms with Crippen molar-refractivity contribution in [2.24, 2.45) is 0 Å². The molecule has 1 spiro atoms. The van der Waals surface area contributed by atoms with Gasteiger partial charge in [-0.1, -0.05) is 18.2 Å². The number of ether oxygens (including phenoxy) is 1. The van der Waals surface area contributed by atoms with Crippen LogP contribution in [0.15, 0.2) is 36.7 Å². The molecule has 2 aromatic rings. The number of amides is 1. The molecule has 2 aliphatic rings. The molecule has 0 radical (unpaired) electrons. The SMILES string of the molecule is Cc1nccn1CCCC(=O)N1CCC2(CC1)CN(S(C)(=O)=O)Cc1ccccc1O2. The molecule has 3 heterocycles. The molecule has 0 bridgehead atoms. The molecule has 1 fully saturated rings. The maximum absolute atomic E-state index is 12.7. The average molecular weight is 447 g/mol. The van der Waals surface area contributed by atoms with Crippen molar-refractivity contribution in [3.63, 3.8) is 0 Å². The maximum Gasteiger partial charge on any atom is 0.222 e. The van der Waals surface area contributed by atoms with Crippen molar-refractivity contribution in [2.45, 2.75) is 51.3 Å². The Morgan fingerprint density at radius 1 is 1.23 bits per heavy atom. The second-order valence-corrected chi connectivity index (χ2v) is 10.6. The number of aromatic nitrogens is 2. The summed E-state index contributed by atoms with van der Waals surface area (Å²) in [6, 6.07) is 7.61. The van der Waals surface area contributed by atoms with Crippen molar-refractivity contribution in [1.82, 2.24) is 18.8 Å². The van der Waals surface area contributed by atoms with Crippen LogP contribution >= 0.6 is 0 Å². The van der Waals surface area contributed by atoms with Gasteiger partial charge < -0.3 is 14.2 Å². The third kappa shape index (κ3) is 4.93. The van der Waals surface area contributed by atoms with Crippen LogP contribution in [-0.4, -0.2) is 64.6 Å². The summed E-state index contributed by atoms with van der Waals surface area (Å²) in [5.74, 6) is 1.83. The number of sulfonamides is 1. The van der Waals surface area contributed by atoms with Gasteiger partial charge >= 0.3 is 0 Å². The first-order valence-corrected chi connectivity index (χ1v) is 12.6. The number of fused-ring (bicyclic) bond motifs is 1. The molecule has 1 amide bonds. The second kappa shape index (κ2) is 8.63. The first kappa shape index (κ1) is 21.8. The molecular weight excluding hydrogens is 416 g/mol. The Labute approximate surface area is 183 Å². The van der Waals surface area contributed by atoms with E-state index in [-0.39, 0.29) is 5.91 Å². The number of carbonyl (C=O) groups is 1.